The first-order chi connectivity index (χ1) is 12.8. The van der Waals surface area contributed by atoms with Gasteiger partial charge in [-0.2, -0.15) is 5.26 Å². The lowest BCUT2D eigenvalue weighted by atomic mass is 10.1. The highest BCUT2D eigenvalue weighted by molar-refractivity contribution is 5.91. The summed E-state index contributed by atoms with van der Waals surface area (Å²) in [6.45, 7) is 1.32. The Morgan fingerprint density at radius 1 is 1.26 bits per heavy atom. The first kappa shape index (κ1) is 21.9. The number of carbonyl (C=O) groups is 3. The van der Waals surface area contributed by atoms with Crippen LogP contribution in [0, 0.1) is 11.3 Å². The Labute approximate surface area is 157 Å². The third-order valence-corrected chi connectivity index (χ3v) is 3.69. The molecule has 0 saturated heterocycles. The van der Waals surface area contributed by atoms with Gasteiger partial charge in [-0.3, -0.25) is 9.59 Å². The third-order valence-electron chi connectivity index (χ3n) is 3.69. The molecule has 0 heterocycles. The fourth-order valence-electron chi connectivity index (χ4n) is 2.23. The number of nitrogens with one attached hydrogen (secondary N) is 2. The number of nitrogens with two attached hydrogens (primary N) is 1. The maximum atomic E-state index is 12.3. The molecule has 0 aliphatic rings. The zero-order valence-electron chi connectivity index (χ0n) is 15.1. The Kier molecular flexibility index (Phi) is 9.33. The highest BCUT2D eigenvalue weighted by atomic mass is 16.5. The summed E-state index contributed by atoms with van der Waals surface area (Å²) in [6, 6.07) is 8.54. The number of carbonyl (C=O) groups excluding carboxylic acids is 3. The molecule has 1 aromatic carbocycles. The first-order valence-electron chi connectivity index (χ1n) is 8.47. The molecule has 0 aliphatic carbocycles. The Hall–Kier alpha value is -3.12. The lowest BCUT2D eigenvalue weighted by molar-refractivity contribution is -0.130. The van der Waals surface area contributed by atoms with Crippen LogP contribution in [0.5, 0.6) is 0 Å². The minimum absolute atomic E-state index is 0.00110. The number of aliphatic hydroxyl groups is 1. The molecule has 1 rings (SSSR count). The van der Waals surface area contributed by atoms with Crippen LogP contribution in [-0.4, -0.2) is 41.2 Å². The maximum Gasteiger partial charge on any atom is 0.408 e. The molecular formula is C18H24N4O5. The van der Waals surface area contributed by atoms with E-state index in [9.17, 15) is 19.5 Å². The maximum absolute atomic E-state index is 12.3. The van der Waals surface area contributed by atoms with E-state index in [0.29, 0.717) is 6.42 Å². The van der Waals surface area contributed by atoms with Gasteiger partial charge in [-0.1, -0.05) is 30.3 Å². The molecule has 0 fully saturated rings. The summed E-state index contributed by atoms with van der Waals surface area (Å²) < 4.78 is 5.02. The van der Waals surface area contributed by atoms with Crippen LogP contribution in [0.1, 0.15) is 31.7 Å². The van der Waals surface area contributed by atoms with Gasteiger partial charge in [0.2, 0.25) is 11.8 Å². The number of benzene rings is 1. The molecule has 0 unspecified atom stereocenters. The second-order valence-corrected chi connectivity index (χ2v) is 5.94. The van der Waals surface area contributed by atoms with Crippen molar-refractivity contribution in [1.82, 2.24) is 10.6 Å². The topological polar surface area (TPSA) is 155 Å². The van der Waals surface area contributed by atoms with Crippen molar-refractivity contribution in [1.29, 1.82) is 5.26 Å². The Balaban J connectivity index is 2.61. The first-order valence-corrected chi connectivity index (χ1v) is 8.47. The number of amides is 3. The van der Waals surface area contributed by atoms with Gasteiger partial charge in [0, 0.05) is 6.42 Å². The number of primary amides is 1. The number of ether oxygens (including phenoxy) is 1. The highest BCUT2D eigenvalue weighted by Crippen LogP contribution is 2.04. The van der Waals surface area contributed by atoms with Gasteiger partial charge in [0.05, 0.1) is 12.2 Å². The zero-order chi connectivity index (χ0) is 20.2. The van der Waals surface area contributed by atoms with Crippen molar-refractivity contribution in [3.8, 4) is 6.07 Å². The fraction of sp³-hybridized carbons (Fsp3) is 0.444. The van der Waals surface area contributed by atoms with E-state index in [1.54, 1.807) is 24.3 Å². The predicted molar refractivity (Wildman–Crippen MR) is 95.8 cm³/mol. The van der Waals surface area contributed by atoms with Crippen molar-refractivity contribution in [3.05, 3.63) is 35.9 Å². The second-order valence-electron chi connectivity index (χ2n) is 5.94. The highest BCUT2D eigenvalue weighted by Gasteiger charge is 2.29. The summed E-state index contributed by atoms with van der Waals surface area (Å²) in [7, 11) is 0. The largest absolute Gasteiger partial charge is 0.445 e. The van der Waals surface area contributed by atoms with Gasteiger partial charge in [0.15, 0.2) is 0 Å². The van der Waals surface area contributed by atoms with Crippen molar-refractivity contribution in [2.45, 2.75) is 51.0 Å². The summed E-state index contributed by atoms with van der Waals surface area (Å²) in [5.74, 6) is -1.54. The monoisotopic (exact) mass is 376 g/mol. The summed E-state index contributed by atoms with van der Waals surface area (Å²) in [4.78, 5) is 35.7. The average molecular weight is 376 g/mol. The van der Waals surface area contributed by atoms with Crippen LogP contribution in [0.3, 0.4) is 0 Å². The van der Waals surface area contributed by atoms with E-state index in [1.165, 1.54) is 6.92 Å². The summed E-state index contributed by atoms with van der Waals surface area (Å²) in [6.07, 6.45) is -1.36. The number of nitrogens with zero attached hydrogens (tertiary/aromatic N) is 1. The van der Waals surface area contributed by atoms with Gasteiger partial charge >= 0.3 is 6.09 Å². The molecule has 9 nitrogen and oxygen atoms in total. The van der Waals surface area contributed by atoms with Crippen LogP contribution in [0.15, 0.2) is 30.3 Å². The SMILES string of the molecule is C[C@@H](O)[C@H](NC(=O)OCc1ccccc1)C(=O)N[C@H](CCCC#N)C(N)=O. The van der Waals surface area contributed by atoms with Crippen LogP contribution >= 0.6 is 0 Å². The quantitative estimate of drug-likeness (QED) is 0.431. The zero-order valence-corrected chi connectivity index (χ0v) is 15.1. The molecule has 5 N–H and O–H groups in total. The molecule has 27 heavy (non-hydrogen) atoms. The van der Waals surface area contributed by atoms with Gasteiger partial charge in [0.1, 0.15) is 18.7 Å². The Bertz CT molecular complexity index is 672. The summed E-state index contributed by atoms with van der Waals surface area (Å²) in [5.41, 5.74) is 6.01. The van der Waals surface area contributed by atoms with Crippen LogP contribution in [0.4, 0.5) is 4.79 Å². The predicted octanol–water partition coefficient (Wildman–Crippen LogP) is 0.326. The van der Waals surface area contributed by atoms with Gasteiger partial charge in [0.25, 0.3) is 0 Å². The standard InChI is InChI=1S/C18H24N4O5/c1-12(23)15(17(25)21-14(16(20)24)9-5-6-10-19)22-18(26)27-11-13-7-3-2-4-8-13/h2-4,7-8,12,14-15,23H,5-6,9,11H2,1H3,(H2,20,24)(H,21,25)(H,22,26)/t12-,14-,15+/m1/s1. The van der Waals surface area contributed by atoms with Crippen molar-refractivity contribution in [3.63, 3.8) is 0 Å². The third kappa shape index (κ3) is 8.20. The number of nitriles is 1. The molecule has 9 heteroatoms. The minimum atomic E-state index is -1.33. The van der Waals surface area contributed by atoms with Gasteiger partial charge in [-0.05, 0) is 25.3 Å². The molecule has 0 saturated carbocycles. The van der Waals surface area contributed by atoms with E-state index in [2.05, 4.69) is 10.6 Å². The van der Waals surface area contributed by atoms with E-state index in [-0.39, 0.29) is 19.4 Å². The second kappa shape index (κ2) is 11.5. The number of alkyl carbamates (subject to hydrolysis) is 1. The molecule has 0 aromatic heterocycles. The van der Waals surface area contributed by atoms with Crippen molar-refractivity contribution in [2.75, 3.05) is 0 Å². The van der Waals surface area contributed by atoms with E-state index in [4.69, 9.17) is 15.7 Å². The molecule has 0 bridgehead atoms. The van der Waals surface area contributed by atoms with Crippen LogP contribution in [0.2, 0.25) is 0 Å². The summed E-state index contributed by atoms with van der Waals surface area (Å²) >= 11 is 0. The molecule has 1 aromatic rings. The average Bonchev–Trinajstić information content (AvgIpc) is 2.64. The Morgan fingerprint density at radius 3 is 2.48 bits per heavy atom. The van der Waals surface area contributed by atoms with Crippen molar-refractivity contribution < 1.29 is 24.2 Å². The molecule has 0 spiro atoms. The van der Waals surface area contributed by atoms with Crippen molar-refractivity contribution >= 4 is 17.9 Å². The van der Waals surface area contributed by atoms with Gasteiger partial charge in [-0.15, -0.1) is 0 Å². The molecule has 3 atom stereocenters. The van der Waals surface area contributed by atoms with Crippen LogP contribution < -0.4 is 16.4 Å². The molecule has 3 amide bonds. The molecule has 146 valence electrons. The minimum Gasteiger partial charge on any atom is -0.445 e. The van der Waals surface area contributed by atoms with E-state index < -0.39 is 36.1 Å². The molecule has 0 aliphatic heterocycles. The van der Waals surface area contributed by atoms with Gasteiger partial charge in [-0.25, -0.2) is 4.79 Å². The molecule has 0 radical (unpaired) electrons. The van der Waals surface area contributed by atoms with E-state index in [0.717, 1.165) is 5.56 Å². The molecular weight excluding hydrogens is 352 g/mol. The van der Waals surface area contributed by atoms with Crippen LogP contribution in [0.25, 0.3) is 0 Å². The lowest BCUT2D eigenvalue weighted by Gasteiger charge is -2.23. The van der Waals surface area contributed by atoms with E-state index >= 15 is 0 Å². The van der Waals surface area contributed by atoms with Gasteiger partial charge < -0.3 is 26.2 Å². The Morgan fingerprint density at radius 2 is 1.93 bits per heavy atom. The van der Waals surface area contributed by atoms with Crippen molar-refractivity contribution in [2.24, 2.45) is 5.73 Å². The number of unbranched alkanes of at least 4 members (excludes halogenated alkanes) is 1. The summed E-state index contributed by atoms with van der Waals surface area (Å²) in [5, 5.41) is 23.0. The lowest BCUT2D eigenvalue weighted by Crippen LogP contribution is -2.56. The normalized spacial score (nSPS) is 13.5. The number of hydrogen-bond acceptors (Lipinski definition) is 6. The number of rotatable bonds is 10. The van der Waals surface area contributed by atoms with E-state index in [1.807, 2.05) is 12.1 Å². The number of aliphatic hydroxyl groups excluding tert-OH is 1. The van der Waals surface area contributed by atoms with Crippen LogP contribution in [-0.2, 0) is 20.9 Å². The fourth-order valence-corrected chi connectivity index (χ4v) is 2.23. The smallest absolute Gasteiger partial charge is 0.408 e. The number of hydrogen-bond donors (Lipinski definition) is 4.